The van der Waals surface area contributed by atoms with Crippen LogP contribution >= 0.6 is 11.3 Å². The van der Waals surface area contributed by atoms with E-state index in [9.17, 15) is 14.7 Å². The number of aromatic nitrogens is 1. The predicted molar refractivity (Wildman–Crippen MR) is 116 cm³/mol. The van der Waals surface area contributed by atoms with Gasteiger partial charge in [0.1, 0.15) is 6.61 Å². The fourth-order valence-electron chi connectivity index (χ4n) is 4.28. The summed E-state index contributed by atoms with van der Waals surface area (Å²) in [7, 11) is 0. The zero-order valence-corrected chi connectivity index (χ0v) is 17.4. The van der Waals surface area contributed by atoms with Crippen molar-refractivity contribution in [2.24, 2.45) is 0 Å². The van der Waals surface area contributed by atoms with Gasteiger partial charge in [-0.3, -0.25) is 5.32 Å². The van der Waals surface area contributed by atoms with E-state index < -0.39 is 12.1 Å². The molecule has 2 N–H and O–H groups in total. The first kappa shape index (κ1) is 19.7. The van der Waals surface area contributed by atoms with Gasteiger partial charge in [0, 0.05) is 23.3 Å². The fourth-order valence-corrected chi connectivity index (χ4v) is 5.34. The lowest BCUT2D eigenvalue weighted by atomic mass is 9.98. The van der Waals surface area contributed by atoms with Crippen LogP contribution in [0.4, 0.5) is 9.93 Å². The molecule has 7 nitrogen and oxygen atoms in total. The number of hydrogen-bond acceptors (Lipinski definition) is 6. The van der Waals surface area contributed by atoms with Crippen LogP contribution in [-0.2, 0) is 9.47 Å². The van der Waals surface area contributed by atoms with E-state index in [0.717, 1.165) is 40.0 Å². The number of nitrogens with zero attached hydrogens (tertiary/aromatic N) is 1. The van der Waals surface area contributed by atoms with Crippen molar-refractivity contribution in [3.05, 3.63) is 70.2 Å². The number of nitrogens with one attached hydrogen (secondary N) is 1. The Labute approximate surface area is 182 Å². The van der Waals surface area contributed by atoms with Gasteiger partial charge in [0.25, 0.3) is 0 Å². The number of aromatic carboxylic acids is 1. The lowest BCUT2D eigenvalue weighted by Gasteiger charge is -2.14. The van der Waals surface area contributed by atoms with Crippen molar-refractivity contribution in [2.75, 3.05) is 25.1 Å². The van der Waals surface area contributed by atoms with Crippen LogP contribution in [0, 0.1) is 0 Å². The number of hydrogen-bond donors (Lipinski definition) is 2. The van der Waals surface area contributed by atoms with Gasteiger partial charge in [-0.05, 0) is 28.7 Å². The molecule has 5 rings (SSSR count). The maximum Gasteiger partial charge on any atom is 0.413 e. The molecule has 1 unspecified atom stereocenters. The summed E-state index contributed by atoms with van der Waals surface area (Å²) >= 11 is 1.16. The summed E-state index contributed by atoms with van der Waals surface area (Å²) in [6, 6.07) is 16.2. The Bertz CT molecular complexity index is 1110. The summed E-state index contributed by atoms with van der Waals surface area (Å²) in [5.74, 6) is -1.17. The number of carbonyl (C=O) groups excluding carboxylic acids is 1. The number of carboxylic acids is 1. The molecule has 0 bridgehead atoms. The second kappa shape index (κ2) is 8.13. The number of thiazole rings is 1. The van der Waals surface area contributed by atoms with Crippen LogP contribution in [0.2, 0.25) is 0 Å². The zero-order valence-electron chi connectivity index (χ0n) is 16.5. The summed E-state index contributed by atoms with van der Waals surface area (Å²) in [6.45, 7) is 1.24. The molecule has 2 aliphatic rings. The van der Waals surface area contributed by atoms with Crippen LogP contribution in [0.25, 0.3) is 11.1 Å². The van der Waals surface area contributed by atoms with E-state index in [-0.39, 0.29) is 29.3 Å². The third-order valence-corrected chi connectivity index (χ3v) is 6.84. The molecular weight excluding hydrogens is 416 g/mol. The van der Waals surface area contributed by atoms with Crippen LogP contribution < -0.4 is 5.32 Å². The minimum absolute atomic E-state index is 0.0123. The van der Waals surface area contributed by atoms with Crippen molar-refractivity contribution < 1.29 is 24.2 Å². The standard InChI is InChI=1S/C23H20N2O5S/c26-21(27)19-20(13-9-10-29-11-13)31-22(24-19)25-23(28)30-12-18-16-7-3-1-5-14(16)15-6-2-4-8-17(15)18/h1-8,13,18H,9-12H2,(H,26,27)(H,24,25,28). The van der Waals surface area contributed by atoms with Crippen molar-refractivity contribution >= 4 is 28.5 Å². The molecule has 3 aromatic rings. The molecule has 1 fully saturated rings. The first-order valence-corrected chi connectivity index (χ1v) is 10.9. The lowest BCUT2D eigenvalue weighted by molar-refractivity contribution is 0.0689. The number of fused-ring (bicyclic) bond motifs is 3. The van der Waals surface area contributed by atoms with Crippen LogP contribution in [0.15, 0.2) is 48.5 Å². The Hall–Kier alpha value is -3.23. The van der Waals surface area contributed by atoms with E-state index in [2.05, 4.69) is 34.6 Å². The van der Waals surface area contributed by atoms with Crippen LogP contribution in [0.5, 0.6) is 0 Å². The maximum absolute atomic E-state index is 12.5. The average Bonchev–Trinajstić information content (AvgIpc) is 3.50. The normalized spacial score (nSPS) is 17.2. The molecule has 1 amide bonds. The quantitative estimate of drug-likeness (QED) is 0.601. The highest BCUT2D eigenvalue weighted by Gasteiger charge is 2.30. The molecule has 2 aromatic carbocycles. The fraction of sp³-hybridized carbons (Fsp3) is 0.261. The summed E-state index contributed by atoms with van der Waals surface area (Å²) in [6.07, 6.45) is 0.0918. The van der Waals surface area contributed by atoms with Gasteiger partial charge < -0.3 is 14.6 Å². The van der Waals surface area contributed by atoms with Crippen LogP contribution in [0.3, 0.4) is 0 Å². The number of ether oxygens (including phenoxy) is 2. The van der Waals surface area contributed by atoms with Crippen molar-refractivity contribution in [1.82, 2.24) is 4.98 Å². The lowest BCUT2D eigenvalue weighted by Crippen LogP contribution is -2.18. The highest BCUT2D eigenvalue weighted by Crippen LogP contribution is 2.44. The van der Waals surface area contributed by atoms with Gasteiger partial charge >= 0.3 is 12.1 Å². The summed E-state index contributed by atoms with van der Waals surface area (Å²) in [4.78, 5) is 28.8. The first-order chi connectivity index (χ1) is 15.1. The molecular formula is C23H20N2O5S. The molecule has 1 saturated heterocycles. The molecule has 31 heavy (non-hydrogen) atoms. The van der Waals surface area contributed by atoms with Gasteiger partial charge in [0.05, 0.1) is 6.61 Å². The zero-order chi connectivity index (χ0) is 21.4. The number of rotatable bonds is 5. The monoisotopic (exact) mass is 436 g/mol. The molecule has 158 valence electrons. The average molecular weight is 436 g/mol. The summed E-state index contributed by atoms with van der Waals surface area (Å²) in [5, 5.41) is 12.3. The molecule has 1 atom stereocenters. The largest absolute Gasteiger partial charge is 0.476 e. The van der Waals surface area contributed by atoms with E-state index in [4.69, 9.17) is 9.47 Å². The molecule has 0 radical (unpaired) electrons. The predicted octanol–water partition coefficient (Wildman–Crippen LogP) is 4.71. The Morgan fingerprint density at radius 2 is 1.81 bits per heavy atom. The van der Waals surface area contributed by atoms with Crippen LogP contribution in [-0.4, -0.2) is 42.0 Å². The van der Waals surface area contributed by atoms with E-state index in [1.54, 1.807) is 0 Å². The third kappa shape index (κ3) is 3.68. The molecule has 1 aliphatic heterocycles. The Balaban J connectivity index is 1.30. The minimum Gasteiger partial charge on any atom is -0.476 e. The number of anilines is 1. The van der Waals surface area contributed by atoms with Crippen molar-refractivity contribution in [3.63, 3.8) is 0 Å². The van der Waals surface area contributed by atoms with Gasteiger partial charge in [-0.1, -0.05) is 48.5 Å². The molecule has 0 spiro atoms. The van der Waals surface area contributed by atoms with Gasteiger partial charge in [-0.15, -0.1) is 11.3 Å². The third-order valence-electron chi connectivity index (χ3n) is 5.71. The van der Waals surface area contributed by atoms with Crippen LogP contribution in [0.1, 0.15) is 44.7 Å². The van der Waals surface area contributed by atoms with Crippen molar-refractivity contribution in [3.8, 4) is 11.1 Å². The summed E-state index contributed by atoms with van der Waals surface area (Å²) in [5.41, 5.74) is 4.53. The van der Waals surface area contributed by atoms with Gasteiger partial charge in [0.2, 0.25) is 0 Å². The second-order valence-electron chi connectivity index (χ2n) is 7.55. The molecule has 1 aromatic heterocycles. The Kier molecular flexibility index (Phi) is 5.17. The van der Waals surface area contributed by atoms with Gasteiger partial charge in [-0.2, -0.15) is 0 Å². The van der Waals surface area contributed by atoms with E-state index >= 15 is 0 Å². The molecule has 1 aliphatic carbocycles. The number of carbonyl (C=O) groups is 2. The Morgan fingerprint density at radius 3 is 2.42 bits per heavy atom. The van der Waals surface area contributed by atoms with Gasteiger partial charge in [-0.25, -0.2) is 14.6 Å². The topological polar surface area (TPSA) is 97.8 Å². The van der Waals surface area contributed by atoms with Gasteiger partial charge in [0.15, 0.2) is 10.8 Å². The smallest absolute Gasteiger partial charge is 0.413 e. The number of benzene rings is 2. The highest BCUT2D eigenvalue weighted by atomic mass is 32.1. The SMILES string of the molecule is O=C(Nc1nc(C(=O)O)c(C2CCOC2)s1)OCC1c2ccccc2-c2ccccc21. The van der Waals surface area contributed by atoms with E-state index in [1.165, 1.54) is 0 Å². The number of carboxylic acid groups (broad SMARTS) is 1. The minimum atomic E-state index is -1.11. The number of amides is 1. The van der Waals surface area contributed by atoms with E-state index in [0.29, 0.717) is 18.1 Å². The van der Waals surface area contributed by atoms with Crippen molar-refractivity contribution in [1.29, 1.82) is 0 Å². The molecule has 0 saturated carbocycles. The molecule has 8 heteroatoms. The second-order valence-corrected chi connectivity index (χ2v) is 8.58. The van der Waals surface area contributed by atoms with E-state index in [1.807, 2.05) is 24.3 Å². The molecule has 2 heterocycles. The van der Waals surface area contributed by atoms with Crippen molar-refractivity contribution in [2.45, 2.75) is 18.3 Å². The highest BCUT2D eigenvalue weighted by molar-refractivity contribution is 7.16. The maximum atomic E-state index is 12.5. The Morgan fingerprint density at radius 1 is 1.13 bits per heavy atom. The summed E-state index contributed by atoms with van der Waals surface area (Å²) < 4.78 is 10.9. The first-order valence-electron chi connectivity index (χ1n) is 10.1.